The lowest BCUT2D eigenvalue weighted by molar-refractivity contribution is 0.215. The summed E-state index contributed by atoms with van der Waals surface area (Å²) in [5.41, 5.74) is 7.95. The van der Waals surface area contributed by atoms with Gasteiger partial charge in [0.1, 0.15) is 0 Å². The first-order valence-electron chi connectivity index (χ1n) is 12.6. The number of fused-ring (bicyclic) bond motifs is 2. The van der Waals surface area contributed by atoms with Crippen LogP contribution in [0, 0.1) is 5.41 Å². The molecule has 0 N–H and O–H groups in total. The van der Waals surface area contributed by atoms with Gasteiger partial charge in [-0.25, -0.2) is 0 Å². The van der Waals surface area contributed by atoms with Gasteiger partial charge in [0.2, 0.25) is 0 Å². The van der Waals surface area contributed by atoms with Crippen molar-refractivity contribution in [3.63, 3.8) is 0 Å². The van der Waals surface area contributed by atoms with Gasteiger partial charge in [0.25, 0.3) is 0 Å². The van der Waals surface area contributed by atoms with Gasteiger partial charge in [-0.2, -0.15) is 0 Å². The molecule has 0 radical (unpaired) electrons. The normalized spacial score (nSPS) is 18.7. The molecule has 0 unspecified atom stereocenters. The Morgan fingerprint density at radius 1 is 0.742 bits per heavy atom. The SMILES string of the molecule is CCC1(CC2=Cc3c(cccc3-c3ccc4ccccc4c3)C2)CCCCCCCC1. The first-order chi connectivity index (χ1) is 15.3. The molecule has 31 heavy (non-hydrogen) atoms. The van der Waals surface area contributed by atoms with Crippen LogP contribution in [0.25, 0.3) is 28.0 Å². The van der Waals surface area contributed by atoms with Crippen LogP contribution in [0.3, 0.4) is 0 Å². The molecule has 0 saturated heterocycles. The molecule has 3 aromatic rings. The van der Waals surface area contributed by atoms with Crippen LogP contribution < -0.4 is 0 Å². The Morgan fingerprint density at radius 3 is 2.26 bits per heavy atom. The summed E-state index contributed by atoms with van der Waals surface area (Å²) < 4.78 is 0. The summed E-state index contributed by atoms with van der Waals surface area (Å²) in [7, 11) is 0. The number of allylic oxidation sites excluding steroid dienone is 1. The van der Waals surface area contributed by atoms with Gasteiger partial charge in [0.05, 0.1) is 0 Å². The Labute approximate surface area is 188 Å². The van der Waals surface area contributed by atoms with Gasteiger partial charge >= 0.3 is 0 Å². The maximum Gasteiger partial charge on any atom is -0.00574 e. The van der Waals surface area contributed by atoms with Gasteiger partial charge in [0, 0.05) is 0 Å². The van der Waals surface area contributed by atoms with Crippen LogP contribution in [-0.2, 0) is 6.42 Å². The average molecular weight is 409 g/mol. The second-order valence-electron chi connectivity index (χ2n) is 10.1. The molecule has 0 heterocycles. The minimum atomic E-state index is 0.529. The molecule has 160 valence electrons. The summed E-state index contributed by atoms with van der Waals surface area (Å²) in [5, 5.41) is 2.65. The molecule has 0 heteroatoms. The second kappa shape index (κ2) is 9.03. The van der Waals surface area contributed by atoms with E-state index in [1.807, 2.05) is 0 Å². The van der Waals surface area contributed by atoms with Crippen molar-refractivity contribution in [2.24, 2.45) is 5.41 Å². The van der Waals surface area contributed by atoms with Crippen molar-refractivity contribution in [3.8, 4) is 11.1 Å². The molecule has 0 amide bonds. The van der Waals surface area contributed by atoms with Crippen LogP contribution in [0.5, 0.6) is 0 Å². The molecular weight excluding hydrogens is 372 g/mol. The Bertz CT molecular complexity index is 1070. The van der Waals surface area contributed by atoms with Crippen LogP contribution in [0.4, 0.5) is 0 Å². The van der Waals surface area contributed by atoms with Gasteiger partial charge in [-0.1, -0.05) is 118 Å². The van der Waals surface area contributed by atoms with Gasteiger partial charge in [-0.15, -0.1) is 0 Å². The fourth-order valence-corrected chi connectivity index (χ4v) is 6.13. The molecule has 3 aromatic carbocycles. The lowest BCUT2D eigenvalue weighted by Crippen LogP contribution is -2.21. The van der Waals surface area contributed by atoms with Gasteiger partial charge in [-0.3, -0.25) is 0 Å². The predicted octanol–water partition coefficient (Wildman–Crippen LogP) is 9.37. The van der Waals surface area contributed by atoms with E-state index in [-0.39, 0.29) is 0 Å². The molecule has 1 saturated carbocycles. The Balaban J connectivity index is 1.45. The topological polar surface area (TPSA) is 0 Å². The van der Waals surface area contributed by atoms with Crippen molar-refractivity contribution in [2.75, 3.05) is 0 Å². The van der Waals surface area contributed by atoms with E-state index in [4.69, 9.17) is 0 Å². The summed E-state index contributed by atoms with van der Waals surface area (Å²) >= 11 is 0. The van der Waals surface area contributed by atoms with Crippen LogP contribution in [0.15, 0.2) is 66.2 Å². The number of hydrogen-bond acceptors (Lipinski definition) is 0. The maximum absolute atomic E-state index is 2.56. The van der Waals surface area contributed by atoms with Crippen molar-refractivity contribution >= 4 is 16.8 Å². The zero-order valence-electron chi connectivity index (χ0n) is 19.1. The Kier molecular flexibility index (Phi) is 5.99. The smallest absolute Gasteiger partial charge is 0.00574 e. The second-order valence-corrected chi connectivity index (χ2v) is 10.1. The third-order valence-corrected chi connectivity index (χ3v) is 8.04. The fourth-order valence-electron chi connectivity index (χ4n) is 6.13. The van der Waals surface area contributed by atoms with Crippen molar-refractivity contribution in [1.82, 2.24) is 0 Å². The third kappa shape index (κ3) is 4.36. The van der Waals surface area contributed by atoms with Crippen LogP contribution in [0.1, 0.15) is 82.3 Å². The third-order valence-electron chi connectivity index (χ3n) is 8.04. The van der Waals surface area contributed by atoms with Crippen LogP contribution in [-0.4, -0.2) is 0 Å². The van der Waals surface area contributed by atoms with E-state index >= 15 is 0 Å². The molecule has 0 aliphatic heterocycles. The molecule has 0 spiro atoms. The maximum atomic E-state index is 2.56. The molecule has 0 atom stereocenters. The highest BCUT2D eigenvalue weighted by Gasteiger charge is 2.30. The Morgan fingerprint density at radius 2 is 1.48 bits per heavy atom. The standard InChI is InChI=1S/C31H36/c1-2-31(18-9-5-3-4-6-10-19-31)23-24-20-27-14-11-15-29(30(27)21-24)28-17-16-25-12-7-8-13-26(25)22-28/h7-8,11-17,21-22H,2-6,9-10,18-20,23H2,1H3. The van der Waals surface area contributed by atoms with Crippen molar-refractivity contribution in [1.29, 1.82) is 0 Å². The summed E-state index contributed by atoms with van der Waals surface area (Å²) in [6.45, 7) is 2.45. The summed E-state index contributed by atoms with van der Waals surface area (Å²) in [5.74, 6) is 0. The molecule has 0 nitrogen and oxygen atoms in total. The molecule has 0 aromatic heterocycles. The molecule has 1 fully saturated rings. The highest BCUT2D eigenvalue weighted by molar-refractivity contribution is 5.90. The summed E-state index contributed by atoms with van der Waals surface area (Å²) in [6.07, 6.45) is 17.8. The zero-order valence-corrected chi connectivity index (χ0v) is 19.1. The van der Waals surface area contributed by atoms with Crippen molar-refractivity contribution in [3.05, 3.63) is 77.4 Å². The molecular formula is C31H36. The lowest BCUT2D eigenvalue weighted by Gasteiger charge is -2.33. The van der Waals surface area contributed by atoms with E-state index in [1.165, 1.54) is 97.2 Å². The molecule has 2 aliphatic carbocycles. The predicted molar refractivity (Wildman–Crippen MR) is 135 cm³/mol. The molecule has 5 rings (SSSR count). The van der Waals surface area contributed by atoms with Gasteiger partial charge in [0.15, 0.2) is 0 Å². The number of rotatable bonds is 4. The van der Waals surface area contributed by atoms with E-state index < -0.39 is 0 Å². The minimum Gasteiger partial charge on any atom is -0.0648 e. The first-order valence-corrected chi connectivity index (χ1v) is 12.6. The summed E-state index contributed by atoms with van der Waals surface area (Å²) in [4.78, 5) is 0. The van der Waals surface area contributed by atoms with E-state index in [2.05, 4.69) is 73.7 Å². The van der Waals surface area contributed by atoms with Crippen LogP contribution in [0.2, 0.25) is 0 Å². The first kappa shape index (κ1) is 20.6. The quantitative estimate of drug-likeness (QED) is 0.403. The van der Waals surface area contributed by atoms with Crippen molar-refractivity contribution < 1.29 is 0 Å². The minimum absolute atomic E-state index is 0.529. The van der Waals surface area contributed by atoms with Crippen molar-refractivity contribution in [2.45, 2.75) is 77.6 Å². The largest absolute Gasteiger partial charge is 0.0648 e. The van der Waals surface area contributed by atoms with E-state index in [9.17, 15) is 0 Å². The highest BCUT2D eigenvalue weighted by Crippen LogP contribution is 2.45. The zero-order chi connectivity index (χ0) is 21.1. The van der Waals surface area contributed by atoms with E-state index in [0.29, 0.717) is 5.41 Å². The Hall–Kier alpha value is -2.34. The van der Waals surface area contributed by atoms with Gasteiger partial charge in [-0.05, 0) is 70.2 Å². The lowest BCUT2D eigenvalue weighted by atomic mass is 9.72. The summed E-state index contributed by atoms with van der Waals surface area (Å²) in [6, 6.07) is 22.6. The number of hydrogen-bond donors (Lipinski definition) is 0. The van der Waals surface area contributed by atoms with E-state index in [0.717, 1.165) is 6.42 Å². The van der Waals surface area contributed by atoms with Gasteiger partial charge < -0.3 is 0 Å². The monoisotopic (exact) mass is 408 g/mol. The molecule has 0 bridgehead atoms. The fraction of sp³-hybridized carbons (Fsp3) is 0.419. The molecule has 2 aliphatic rings. The average Bonchev–Trinajstić information content (AvgIpc) is 3.26. The van der Waals surface area contributed by atoms with Crippen LogP contribution >= 0.6 is 0 Å². The van der Waals surface area contributed by atoms with E-state index in [1.54, 1.807) is 5.57 Å². The highest BCUT2D eigenvalue weighted by atomic mass is 14.4. The number of benzene rings is 3.